The van der Waals surface area contributed by atoms with E-state index in [1.54, 1.807) is 67.6 Å². The average Bonchev–Trinajstić information content (AvgIpc) is 2.94. The maximum atomic E-state index is 14.1. The van der Waals surface area contributed by atoms with Crippen LogP contribution in [-0.4, -0.2) is 56.1 Å². The molecule has 0 heterocycles. The summed E-state index contributed by atoms with van der Waals surface area (Å²) in [6.07, 6.45) is 1.90. The highest BCUT2D eigenvalue weighted by Gasteiger charge is 2.33. The number of carbonyl (C=O) groups is 2. The van der Waals surface area contributed by atoms with Gasteiger partial charge in [0.1, 0.15) is 18.3 Å². The number of halogens is 1. The van der Waals surface area contributed by atoms with Gasteiger partial charge in [0.15, 0.2) is 0 Å². The zero-order valence-electron chi connectivity index (χ0n) is 24.8. The minimum atomic E-state index is -4.17. The van der Waals surface area contributed by atoms with E-state index in [1.807, 2.05) is 34.0 Å². The highest BCUT2D eigenvalue weighted by Crippen LogP contribution is 2.28. The summed E-state index contributed by atoms with van der Waals surface area (Å²) in [5.41, 5.74) is 0.459. The van der Waals surface area contributed by atoms with Gasteiger partial charge in [-0.15, -0.1) is 11.8 Å². The van der Waals surface area contributed by atoms with Crippen molar-refractivity contribution in [2.45, 2.75) is 62.5 Å². The number of nitrogens with zero attached hydrogens (tertiary/aromatic N) is 2. The van der Waals surface area contributed by atoms with Gasteiger partial charge in [-0.25, -0.2) is 8.42 Å². The Balaban J connectivity index is 2.05. The van der Waals surface area contributed by atoms with Crippen molar-refractivity contribution >= 4 is 50.9 Å². The number of ether oxygens (including phenoxy) is 1. The van der Waals surface area contributed by atoms with Gasteiger partial charge >= 0.3 is 0 Å². The predicted molar refractivity (Wildman–Crippen MR) is 170 cm³/mol. The van der Waals surface area contributed by atoms with Gasteiger partial charge in [0.25, 0.3) is 10.0 Å². The number of carbonyl (C=O) groups excluding carboxylic acids is 2. The van der Waals surface area contributed by atoms with Crippen LogP contribution in [0.4, 0.5) is 5.69 Å². The molecule has 0 saturated heterocycles. The number of nitrogens with one attached hydrogen (secondary N) is 1. The Hall–Kier alpha value is -3.21. The fraction of sp³-hybridized carbons (Fsp3) is 0.355. The van der Waals surface area contributed by atoms with Gasteiger partial charge in [0.2, 0.25) is 11.8 Å². The van der Waals surface area contributed by atoms with Crippen LogP contribution < -0.4 is 14.4 Å². The normalized spacial score (nSPS) is 12.4. The van der Waals surface area contributed by atoms with Gasteiger partial charge in [-0.3, -0.25) is 13.9 Å². The van der Waals surface area contributed by atoms with Crippen LogP contribution in [0.25, 0.3) is 0 Å². The summed E-state index contributed by atoms with van der Waals surface area (Å²) in [5, 5.41) is 3.40. The van der Waals surface area contributed by atoms with Crippen LogP contribution in [0.15, 0.2) is 82.6 Å². The highest BCUT2D eigenvalue weighted by atomic mass is 35.5. The SMILES string of the molecule is CCOc1ccc(N(CC(=O)N(Cc2cccc(Cl)c2)[C@H](C)C(=O)NC(C)(C)C)S(=O)(=O)c2ccc(SC)cc2)cc1. The van der Waals surface area contributed by atoms with E-state index in [1.165, 1.54) is 28.8 Å². The van der Waals surface area contributed by atoms with Crippen LogP contribution in [0.3, 0.4) is 0 Å². The van der Waals surface area contributed by atoms with Crippen LogP contribution in [0, 0.1) is 0 Å². The third-order valence-corrected chi connectivity index (χ3v) is 9.04. The molecule has 3 aromatic rings. The molecule has 3 aromatic carbocycles. The summed E-state index contributed by atoms with van der Waals surface area (Å²) < 4.78 is 34.6. The second kappa shape index (κ2) is 14.3. The molecular formula is C31H38ClN3O5S2. The van der Waals surface area contributed by atoms with E-state index in [2.05, 4.69) is 5.32 Å². The first-order valence-electron chi connectivity index (χ1n) is 13.5. The third-order valence-electron chi connectivity index (χ3n) is 6.27. The first-order valence-corrected chi connectivity index (χ1v) is 16.5. The van der Waals surface area contributed by atoms with Crippen LogP contribution in [0.1, 0.15) is 40.2 Å². The number of sulfonamides is 1. The van der Waals surface area contributed by atoms with E-state index in [0.29, 0.717) is 22.9 Å². The molecule has 0 aliphatic heterocycles. The fourth-order valence-electron chi connectivity index (χ4n) is 4.17. The lowest BCUT2D eigenvalue weighted by Crippen LogP contribution is -2.54. The summed E-state index contributed by atoms with van der Waals surface area (Å²) >= 11 is 7.70. The molecule has 0 fully saturated rings. The van der Waals surface area contributed by atoms with Crippen molar-refractivity contribution in [2.75, 3.05) is 23.7 Å². The molecular weight excluding hydrogens is 594 g/mol. The molecule has 0 aliphatic carbocycles. The Morgan fingerprint density at radius 3 is 2.21 bits per heavy atom. The smallest absolute Gasteiger partial charge is 0.264 e. The van der Waals surface area contributed by atoms with Crippen LogP contribution in [0.5, 0.6) is 5.75 Å². The second-order valence-electron chi connectivity index (χ2n) is 10.7. The quantitative estimate of drug-likeness (QED) is 0.247. The lowest BCUT2D eigenvalue weighted by molar-refractivity contribution is -0.140. The molecule has 8 nitrogen and oxygen atoms in total. The number of rotatable bonds is 12. The standard InChI is InChI=1S/C31H38ClN3O5S2/c1-7-40-26-13-11-25(12-14-26)35(42(38,39)28-17-15-27(41-6)16-18-28)21-29(36)34(20-23-9-8-10-24(32)19-23)22(2)30(37)33-31(3,4)5/h8-19,22H,7,20-21H2,1-6H3,(H,33,37)/t22-/m1/s1. The molecule has 0 spiro atoms. The summed E-state index contributed by atoms with van der Waals surface area (Å²) in [7, 11) is -4.17. The number of amides is 2. The zero-order chi connectivity index (χ0) is 31.1. The van der Waals surface area contributed by atoms with E-state index >= 15 is 0 Å². The molecule has 0 bridgehead atoms. The summed E-state index contributed by atoms with van der Waals surface area (Å²) in [6.45, 7) is 9.00. The fourth-order valence-corrected chi connectivity index (χ4v) is 6.20. The zero-order valence-corrected chi connectivity index (χ0v) is 27.1. The first-order chi connectivity index (χ1) is 19.7. The Morgan fingerprint density at radius 1 is 1.02 bits per heavy atom. The van der Waals surface area contributed by atoms with Crippen molar-refractivity contribution in [3.63, 3.8) is 0 Å². The number of thioether (sulfide) groups is 1. The Morgan fingerprint density at radius 2 is 1.67 bits per heavy atom. The molecule has 0 unspecified atom stereocenters. The Kier molecular flexibility index (Phi) is 11.3. The van der Waals surface area contributed by atoms with Crippen molar-refractivity contribution in [1.82, 2.24) is 10.2 Å². The van der Waals surface area contributed by atoms with Gasteiger partial charge in [-0.1, -0.05) is 23.7 Å². The average molecular weight is 632 g/mol. The van der Waals surface area contributed by atoms with E-state index in [9.17, 15) is 18.0 Å². The first kappa shape index (κ1) is 33.3. The minimum Gasteiger partial charge on any atom is -0.494 e. The number of hydrogen-bond acceptors (Lipinski definition) is 6. The van der Waals surface area contributed by atoms with Crippen molar-refractivity contribution in [3.05, 3.63) is 83.4 Å². The Labute approximate surface area is 258 Å². The minimum absolute atomic E-state index is 0.0434. The molecule has 11 heteroatoms. The molecule has 1 atom stereocenters. The van der Waals surface area contributed by atoms with Gasteiger partial charge in [-0.05, 0) is 107 Å². The molecule has 42 heavy (non-hydrogen) atoms. The van der Waals surface area contributed by atoms with Crippen molar-refractivity contribution in [3.8, 4) is 5.75 Å². The van der Waals surface area contributed by atoms with Crippen LogP contribution >= 0.6 is 23.4 Å². The van der Waals surface area contributed by atoms with Crippen molar-refractivity contribution in [1.29, 1.82) is 0 Å². The highest BCUT2D eigenvalue weighted by molar-refractivity contribution is 7.98. The van der Waals surface area contributed by atoms with Gasteiger partial charge in [-0.2, -0.15) is 0 Å². The van der Waals surface area contributed by atoms with Crippen LogP contribution in [0.2, 0.25) is 5.02 Å². The van der Waals surface area contributed by atoms with E-state index in [4.69, 9.17) is 16.3 Å². The molecule has 0 aromatic heterocycles. The molecule has 0 aliphatic rings. The lowest BCUT2D eigenvalue weighted by atomic mass is 10.1. The predicted octanol–water partition coefficient (Wildman–Crippen LogP) is 5.99. The molecule has 226 valence electrons. The van der Waals surface area contributed by atoms with Crippen molar-refractivity contribution in [2.24, 2.45) is 0 Å². The molecule has 0 radical (unpaired) electrons. The number of benzene rings is 3. The van der Waals surface area contributed by atoms with E-state index in [-0.39, 0.29) is 23.0 Å². The van der Waals surface area contributed by atoms with Gasteiger partial charge in [0.05, 0.1) is 17.2 Å². The lowest BCUT2D eigenvalue weighted by Gasteiger charge is -2.33. The van der Waals surface area contributed by atoms with Crippen molar-refractivity contribution < 1.29 is 22.7 Å². The second-order valence-corrected chi connectivity index (χ2v) is 13.9. The van der Waals surface area contributed by atoms with E-state index < -0.39 is 34.1 Å². The molecule has 0 saturated carbocycles. The van der Waals surface area contributed by atoms with E-state index in [0.717, 1.165) is 9.20 Å². The Bertz CT molecular complexity index is 1470. The van der Waals surface area contributed by atoms with Crippen LogP contribution in [-0.2, 0) is 26.2 Å². The summed E-state index contributed by atoms with van der Waals surface area (Å²) in [4.78, 5) is 29.6. The summed E-state index contributed by atoms with van der Waals surface area (Å²) in [6, 6.07) is 19.1. The third kappa shape index (κ3) is 8.89. The largest absolute Gasteiger partial charge is 0.494 e. The molecule has 1 N–H and O–H groups in total. The van der Waals surface area contributed by atoms with Gasteiger partial charge in [0, 0.05) is 22.0 Å². The number of hydrogen-bond donors (Lipinski definition) is 1. The summed E-state index contributed by atoms with van der Waals surface area (Å²) in [5.74, 6) is -0.338. The molecule has 2 amide bonds. The maximum Gasteiger partial charge on any atom is 0.264 e. The topological polar surface area (TPSA) is 96.0 Å². The maximum absolute atomic E-state index is 14.1. The monoisotopic (exact) mass is 631 g/mol. The van der Waals surface area contributed by atoms with Gasteiger partial charge < -0.3 is 15.0 Å². The molecule has 3 rings (SSSR count). The number of anilines is 1.